The molecule has 3 heterocycles. The van der Waals surface area contributed by atoms with Crippen LogP contribution in [0.3, 0.4) is 0 Å². The summed E-state index contributed by atoms with van der Waals surface area (Å²) < 4.78 is 1.98. The van der Waals surface area contributed by atoms with Gasteiger partial charge in [-0.05, 0) is 43.2 Å². The smallest absolute Gasteiger partial charge is 0.305 e. The van der Waals surface area contributed by atoms with E-state index >= 15 is 0 Å². The zero-order chi connectivity index (χ0) is 25.2. The number of hydrogen-bond acceptors (Lipinski definition) is 7. The summed E-state index contributed by atoms with van der Waals surface area (Å²) in [6.07, 6.45) is 3.34. The van der Waals surface area contributed by atoms with Crippen molar-refractivity contribution in [3.63, 3.8) is 0 Å². The number of carboxylic acid groups (broad SMARTS) is 1. The van der Waals surface area contributed by atoms with Crippen LogP contribution < -0.4 is 10.5 Å². The number of hydrogen-bond donors (Lipinski definition) is 1. The largest absolute Gasteiger partial charge is 0.481 e. The zero-order valence-corrected chi connectivity index (χ0v) is 21.6. The number of carboxylic acids is 1. The summed E-state index contributed by atoms with van der Waals surface area (Å²) in [7, 11) is 0. The van der Waals surface area contributed by atoms with Gasteiger partial charge >= 0.3 is 5.97 Å². The molecule has 1 amide bonds. The first-order chi connectivity index (χ1) is 16.1. The lowest BCUT2D eigenvalue weighted by Crippen LogP contribution is -2.43. The molecule has 2 fully saturated rings. The molecule has 1 N–H and O–H groups in total. The molecule has 1 aromatic rings. The van der Waals surface area contributed by atoms with E-state index in [2.05, 4.69) is 24.8 Å². The highest BCUT2D eigenvalue weighted by molar-refractivity contribution is 8.26. The first-order valence-corrected chi connectivity index (χ1v) is 12.7. The average Bonchev–Trinajstić information content (AvgIpc) is 3.02. The SMILES string of the molecule is CCCn1c(N2CC(C)CC(C)C2)c(/C=C2\SC(=S)N(CCC(=O)O)C2=O)c(C)c(C#N)c1=O. The summed E-state index contributed by atoms with van der Waals surface area (Å²) in [4.78, 5) is 41.2. The van der Waals surface area contributed by atoms with Gasteiger partial charge in [-0.2, -0.15) is 5.26 Å². The number of piperidine rings is 1. The van der Waals surface area contributed by atoms with Crippen LogP contribution in [-0.2, 0) is 16.1 Å². The van der Waals surface area contributed by atoms with Crippen LogP contribution in [0.15, 0.2) is 9.70 Å². The van der Waals surface area contributed by atoms with Crippen LogP contribution in [0, 0.1) is 30.1 Å². The van der Waals surface area contributed by atoms with Crippen LogP contribution in [0.5, 0.6) is 0 Å². The minimum absolute atomic E-state index is 0.00309. The van der Waals surface area contributed by atoms with E-state index in [1.54, 1.807) is 17.6 Å². The average molecular weight is 503 g/mol. The fourth-order valence-corrected chi connectivity index (χ4v) is 6.07. The van der Waals surface area contributed by atoms with E-state index in [-0.39, 0.29) is 30.0 Å². The summed E-state index contributed by atoms with van der Waals surface area (Å²) in [5.74, 6) is 0.250. The Balaban J connectivity index is 2.20. The Kier molecular flexibility index (Phi) is 8.21. The van der Waals surface area contributed by atoms with Crippen molar-refractivity contribution in [3.8, 4) is 6.07 Å². The zero-order valence-electron chi connectivity index (χ0n) is 20.0. The van der Waals surface area contributed by atoms with Gasteiger partial charge in [-0.1, -0.05) is 44.8 Å². The second-order valence-corrected chi connectivity index (χ2v) is 10.8. The molecular weight excluding hydrogens is 472 g/mol. The quantitative estimate of drug-likeness (QED) is 0.445. The third-order valence-corrected chi connectivity index (χ3v) is 7.54. The first kappa shape index (κ1) is 26.0. The van der Waals surface area contributed by atoms with Gasteiger partial charge in [-0.3, -0.25) is 23.9 Å². The lowest BCUT2D eigenvalue weighted by molar-refractivity contribution is -0.137. The lowest BCUT2D eigenvalue weighted by Gasteiger charge is -2.39. The van der Waals surface area contributed by atoms with Crippen LogP contribution in [0.25, 0.3) is 6.08 Å². The summed E-state index contributed by atoms with van der Waals surface area (Å²) >= 11 is 6.46. The van der Waals surface area contributed by atoms with Crippen molar-refractivity contribution in [1.29, 1.82) is 5.26 Å². The molecule has 3 rings (SSSR count). The maximum Gasteiger partial charge on any atom is 0.305 e. The number of anilines is 1. The Morgan fingerprint density at radius 3 is 2.47 bits per heavy atom. The number of nitrogens with zero attached hydrogens (tertiary/aromatic N) is 4. The molecule has 34 heavy (non-hydrogen) atoms. The second-order valence-electron chi connectivity index (χ2n) is 9.13. The molecular formula is C24H30N4O4S2. The monoisotopic (exact) mass is 502 g/mol. The number of nitriles is 1. The van der Waals surface area contributed by atoms with Crippen LogP contribution in [0.2, 0.25) is 0 Å². The van der Waals surface area contributed by atoms with Gasteiger partial charge in [0.05, 0.1) is 11.3 Å². The maximum absolute atomic E-state index is 13.3. The van der Waals surface area contributed by atoms with E-state index in [9.17, 15) is 19.6 Å². The minimum atomic E-state index is -1.00. The lowest BCUT2D eigenvalue weighted by atomic mass is 9.91. The highest BCUT2D eigenvalue weighted by Crippen LogP contribution is 2.37. The molecule has 2 aliphatic rings. The molecule has 1 aromatic heterocycles. The molecule has 2 unspecified atom stereocenters. The summed E-state index contributed by atoms with van der Waals surface area (Å²) in [6, 6.07) is 2.06. The standard InChI is InChI=1S/C24H30N4O4S2/c1-5-7-27-21(26-12-14(2)9-15(3)13-26)17(16(4)18(11-25)22(27)31)10-19-23(32)28(24(33)34-19)8-6-20(29)30/h10,14-15H,5-9,12-13H2,1-4H3,(H,29,30)/b19-10-. The van der Waals surface area contributed by atoms with Crippen molar-refractivity contribution in [1.82, 2.24) is 9.47 Å². The number of pyridine rings is 1. The Morgan fingerprint density at radius 2 is 1.91 bits per heavy atom. The second kappa shape index (κ2) is 10.7. The van der Waals surface area contributed by atoms with Crippen molar-refractivity contribution in [2.24, 2.45) is 11.8 Å². The van der Waals surface area contributed by atoms with Crippen LogP contribution >= 0.6 is 24.0 Å². The fraction of sp³-hybridized carbons (Fsp3) is 0.542. The number of thioether (sulfide) groups is 1. The van der Waals surface area contributed by atoms with E-state index in [1.165, 1.54) is 4.90 Å². The van der Waals surface area contributed by atoms with E-state index < -0.39 is 5.97 Å². The molecule has 8 nitrogen and oxygen atoms in total. The van der Waals surface area contributed by atoms with Gasteiger partial charge in [0, 0.05) is 31.7 Å². The number of aliphatic carboxylic acids is 1. The highest BCUT2D eigenvalue weighted by Gasteiger charge is 2.34. The van der Waals surface area contributed by atoms with Gasteiger partial charge in [0.25, 0.3) is 11.5 Å². The predicted octanol–water partition coefficient (Wildman–Crippen LogP) is 3.60. The summed E-state index contributed by atoms with van der Waals surface area (Å²) in [5, 5.41) is 18.8. The molecule has 182 valence electrons. The molecule has 0 saturated carbocycles. The topological polar surface area (TPSA) is 107 Å². The minimum Gasteiger partial charge on any atom is -0.481 e. The summed E-state index contributed by atoms with van der Waals surface area (Å²) in [5.41, 5.74) is 0.970. The predicted molar refractivity (Wildman–Crippen MR) is 138 cm³/mol. The van der Waals surface area contributed by atoms with Crippen molar-refractivity contribution >= 4 is 52.1 Å². The van der Waals surface area contributed by atoms with Gasteiger partial charge in [0.15, 0.2) is 0 Å². The molecule has 0 bridgehead atoms. The molecule has 0 aromatic carbocycles. The Bertz CT molecular complexity index is 1140. The van der Waals surface area contributed by atoms with Crippen LogP contribution in [0.4, 0.5) is 5.82 Å². The Hall–Kier alpha value is -2.64. The van der Waals surface area contributed by atoms with E-state index in [1.807, 2.05) is 6.92 Å². The van der Waals surface area contributed by atoms with Crippen molar-refractivity contribution < 1.29 is 14.7 Å². The van der Waals surface area contributed by atoms with Crippen LogP contribution in [0.1, 0.15) is 56.7 Å². The third kappa shape index (κ3) is 5.20. The first-order valence-electron chi connectivity index (χ1n) is 11.5. The van der Waals surface area contributed by atoms with Crippen molar-refractivity contribution in [2.45, 2.75) is 53.5 Å². The fourth-order valence-electron chi connectivity index (χ4n) is 4.78. The molecule has 2 aliphatic heterocycles. The van der Waals surface area contributed by atoms with Gasteiger partial charge in [0.1, 0.15) is 21.8 Å². The molecule has 0 aliphatic carbocycles. The number of aromatic nitrogens is 1. The van der Waals surface area contributed by atoms with E-state index in [0.29, 0.717) is 38.7 Å². The van der Waals surface area contributed by atoms with Crippen LogP contribution in [-0.4, -0.2) is 50.4 Å². The number of carbonyl (C=O) groups excluding carboxylic acids is 1. The van der Waals surface area contributed by atoms with Crippen molar-refractivity contribution in [3.05, 3.63) is 31.9 Å². The normalized spacial score (nSPS) is 21.9. The van der Waals surface area contributed by atoms with Gasteiger partial charge in [-0.25, -0.2) is 0 Å². The number of rotatable bonds is 7. The Morgan fingerprint density at radius 1 is 1.26 bits per heavy atom. The number of amides is 1. The molecule has 0 spiro atoms. The van der Waals surface area contributed by atoms with Gasteiger partial charge in [-0.15, -0.1) is 0 Å². The van der Waals surface area contributed by atoms with Gasteiger partial charge < -0.3 is 10.0 Å². The number of thiocarbonyl (C=S) groups is 1. The molecule has 0 radical (unpaired) electrons. The molecule has 10 heteroatoms. The summed E-state index contributed by atoms with van der Waals surface area (Å²) in [6.45, 7) is 10.1. The highest BCUT2D eigenvalue weighted by atomic mass is 32.2. The van der Waals surface area contributed by atoms with E-state index in [0.717, 1.165) is 43.5 Å². The number of carbonyl (C=O) groups is 2. The molecule has 2 atom stereocenters. The van der Waals surface area contributed by atoms with Gasteiger partial charge in [0.2, 0.25) is 0 Å². The molecule has 2 saturated heterocycles. The third-order valence-electron chi connectivity index (χ3n) is 6.16. The maximum atomic E-state index is 13.3. The van der Waals surface area contributed by atoms with E-state index in [4.69, 9.17) is 17.3 Å². The van der Waals surface area contributed by atoms with Crippen molar-refractivity contribution in [2.75, 3.05) is 24.5 Å². The Labute approximate surface area is 209 Å².